The van der Waals surface area contributed by atoms with E-state index >= 15 is 0 Å². The van der Waals surface area contributed by atoms with E-state index in [0.717, 1.165) is 48.2 Å². The standard InChI is InChI=1S/C47H58FN3O8/c1-5-7-26-56-46(54)51(30-33-17-19-35(48)20-18-33)43-29-41(50-55-4)39-27-34(14-8-10-23-52)38(16-9-11-24-53)44-40-28-37(57-31-36-15-12-13-32(3)49-36)21-22-42(40)59-47(43,45(39)44)58-25-6-2/h5-6,12-13,15,17-22,27-28,34,38,43-45,52-53H,1-2,7-11,14,16,23-26,29-31H2,3-4H3/t34-,38+,43-,44+,45+,47+/m0/s1. The lowest BCUT2D eigenvalue weighted by molar-refractivity contribution is -0.256. The van der Waals surface area contributed by atoms with Crippen LogP contribution in [-0.2, 0) is 27.5 Å². The number of allylic oxidation sites excluding steroid dienone is 1. The van der Waals surface area contributed by atoms with Crippen LogP contribution < -0.4 is 9.47 Å². The van der Waals surface area contributed by atoms with Crippen molar-refractivity contribution in [1.29, 1.82) is 0 Å². The lowest BCUT2D eigenvalue weighted by Crippen LogP contribution is -2.70. The molecular weight excluding hydrogens is 754 g/mol. The van der Waals surface area contributed by atoms with Crippen LogP contribution in [-0.4, -0.2) is 77.3 Å². The van der Waals surface area contributed by atoms with Crippen molar-refractivity contribution in [2.45, 2.75) is 89.2 Å². The van der Waals surface area contributed by atoms with Crippen molar-refractivity contribution in [2.24, 2.45) is 22.9 Å². The quantitative estimate of drug-likeness (QED) is 0.0617. The summed E-state index contributed by atoms with van der Waals surface area (Å²) in [5.74, 6) is -1.28. The van der Waals surface area contributed by atoms with Crippen LogP contribution in [0.15, 0.2) is 103 Å². The van der Waals surface area contributed by atoms with E-state index in [1.807, 2.05) is 37.3 Å². The molecule has 0 unspecified atom stereocenters. The van der Waals surface area contributed by atoms with Gasteiger partial charge in [-0.15, -0.1) is 13.2 Å². The Morgan fingerprint density at radius 1 is 1.05 bits per heavy atom. The molecule has 0 spiro atoms. The van der Waals surface area contributed by atoms with Gasteiger partial charge >= 0.3 is 6.09 Å². The number of fused-ring (bicyclic) bond motifs is 2. The summed E-state index contributed by atoms with van der Waals surface area (Å²) in [7, 11) is 1.51. The fraction of sp³-hybridized carbons (Fsp3) is 0.468. The monoisotopic (exact) mass is 811 g/mol. The summed E-state index contributed by atoms with van der Waals surface area (Å²) < 4.78 is 40.8. The maximum absolute atomic E-state index is 14.4. The molecule has 2 heterocycles. The third-order valence-electron chi connectivity index (χ3n) is 11.6. The Hall–Kier alpha value is -5.04. The Bertz CT molecular complexity index is 1950. The van der Waals surface area contributed by atoms with Gasteiger partial charge in [0.2, 0.25) is 5.79 Å². The highest BCUT2D eigenvalue weighted by Gasteiger charge is 2.65. The van der Waals surface area contributed by atoms with Crippen LogP contribution in [0, 0.1) is 30.5 Å². The third-order valence-corrected chi connectivity index (χ3v) is 11.6. The molecule has 1 fully saturated rings. The first kappa shape index (κ1) is 43.5. The maximum atomic E-state index is 14.4. The Balaban J connectivity index is 1.56. The lowest BCUT2D eigenvalue weighted by Gasteiger charge is -2.59. The number of aliphatic hydroxyl groups excluding tert-OH is 2. The minimum Gasteiger partial charge on any atom is -0.487 e. The van der Waals surface area contributed by atoms with Gasteiger partial charge in [-0.1, -0.05) is 54.4 Å². The summed E-state index contributed by atoms with van der Waals surface area (Å²) in [5, 5.41) is 24.4. The first-order valence-corrected chi connectivity index (χ1v) is 20.7. The molecule has 6 rings (SSSR count). The molecule has 1 aromatic heterocycles. The number of pyridine rings is 1. The summed E-state index contributed by atoms with van der Waals surface area (Å²) >= 11 is 0. The van der Waals surface area contributed by atoms with Gasteiger partial charge in [0.25, 0.3) is 0 Å². The predicted molar refractivity (Wildman–Crippen MR) is 223 cm³/mol. The van der Waals surface area contributed by atoms with E-state index in [2.05, 4.69) is 35.4 Å². The normalized spacial score (nSPS) is 23.6. The van der Waals surface area contributed by atoms with Gasteiger partial charge in [0, 0.05) is 43.4 Å². The van der Waals surface area contributed by atoms with Crippen molar-refractivity contribution < 1.29 is 43.2 Å². The third kappa shape index (κ3) is 10.1. The molecule has 2 aromatic carbocycles. The Morgan fingerprint density at radius 3 is 2.54 bits per heavy atom. The highest BCUT2D eigenvalue weighted by atomic mass is 19.1. The van der Waals surface area contributed by atoms with E-state index in [4.69, 9.17) is 23.8 Å². The van der Waals surface area contributed by atoms with Crippen molar-refractivity contribution in [3.05, 3.63) is 126 Å². The molecule has 12 heteroatoms. The summed E-state index contributed by atoms with van der Waals surface area (Å²) in [6.07, 6.45) is 10.2. The Morgan fingerprint density at radius 2 is 1.83 bits per heavy atom. The molecule has 316 valence electrons. The molecule has 6 atom stereocenters. The van der Waals surface area contributed by atoms with Gasteiger partial charge in [-0.05, 0) is 104 Å². The fourth-order valence-corrected chi connectivity index (χ4v) is 9.09. The number of nitrogens with zero attached hydrogens (tertiary/aromatic N) is 3. The van der Waals surface area contributed by atoms with Crippen LogP contribution in [0.1, 0.15) is 79.8 Å². The van der Waals surface area contributed by atoms with E-state index in [1.54, 1.807) is 29.2 Å². The largest absolute Gasteiger partial charge is 0.487 e. The molecule has 3 aromatic rings. The van der Waals surface area contributed by atoms with Crippen LogP contribution >= 0.6 is 0 Å². The zero-order valence-corrected chi connectivity index (χ0v) is 34.3. The van der Waals surface area contributed by atoms with Crippen molar-refractivity contribution in [3.8, 4) is 11.5 Å². The number of carbonyl (C=O) groups excluding carboxylic acids is 1. The highest BCUT2D eigenvalue weighted by Crippen LogP contribution is 2.62. The zero-order valence-electron chi connectivity index (χ0n) is 34.3. The Labute approximate surface area is 347 Å². The number of benzene rings is 2. The number of oxime groups is 1. The van der Waals surface area contributed by atoms with Crippen LogP contribution in [0.3, 0.4) is 0 Å². The summed E-state index contributed by atoms with van der Waals surface area (Å²) in [5.41, 5.74) is 4.89. The number of amides is 1. The van der Waals surface area contributed by atoms with Crippen molar-refractivity contribution >= 4 is 11.8 Å². The zero-order chi connectivity index (χ0) is 41.8. The number of aromatic nitrogens is 1. The van der Waals surface area contributed by atoms with Crippen molar-refractivity contribution in [2.75, 3.05) is 33.5 Å². The number of ether oxygens (including phenoxy) is 4. The number of rotatable bonds is 21. The van der Waals surface area contributed by atoms with Gasteiger partial charge in [0.15, 0.2) is 0 Å². The highest BCUT2D eigenvalue weighted by molar-refractivity contribution is 6.03. The van der Waals surface area contributed by atoms with Gasteiger partial charge in [-0.25, -0.2) is 9.18 Å². The van der Waals surface area contributed by atoms with Gasteiger partial charge < -0.3 is 34.0 Å². The fourth-order valence-electron chi connectivity index (χ4n) is 9.09. The number of unbranched alkanes of at least 4 members (excludes halogenated alkanes) is 2. The average molecular weight is 812 g/mol. The molecular formula is C47H58FN3O8. The second-order valence-corrected chi connectivity index (χ2v) is 15.5. The lowest BCUT2D eigenvalue weighted by atomic mass is 9.55. The van der Waals surface area contributed by atoms with Gasteiger partial charge in [-0.2, -0.15) is 0 Å². The smallest absolute Gasteiger partial charge is 0.410 e. The summed E-state index contributed by atoms with van der Waals surface area (Å²) in [6, 6.07) is 16.9. The van der Waals surface area contributed by atoms with E-state index in [-0.39, 0.29) is 63.8 Å². The van der Waals surface area contributed by atoms with Crippen molar-refractivity contribution in [3.63, 3.8) is 0 Å². The SMILES string of the molecule is C=CCCOC(=O)N(Cc1ccc(F)cc1)[C@H]1CC(=NOC)C2=C[C@H](CCCCO)[C@@H](CCCCO)[C@@H]3c4cc(OCc5cccc(C)n5)ccc4O[C@@]1(OCC=C)[C@H]23. The average Bonchev–Trinajstić information content (AvgIpc) is 3.24. The first-order chi connectivity index (χ1) is 28.8. The van der Waals surface area contributed by atoms with Crippen LogP contribution in [0.4, 0.5) is 9.18 Å². The van der Waals surface area contributed by atoms with E-state index < -0.39 is 29.7 Å². The number of aliphatic hydroxyl groups is 2. The molecule has 3 aliphatic rings. The molecule has 0 bridgehead atoms. The number of hydrogen-bond donors (Lipinski definition) is 2. The minimum atomic E-state index is -1.49. The number of halogens is 1. The summed E-state index contributed by atoms with van der Waals surface area (Å²) in [4.78, 5) is 26.2. The number of hydrogen-bond acceptors (Lipinski definition) is 10. The van der Waals surface area contributed by atoms with Gasteiger partial charge in [0.05, 0.1) is 30.5 Å². The topological polar surface area (TPSA) is 132 Å². The minimum absolute atomic E-state index is 0.0321. The van der Waals surface area contributed by atoms with Gasteiger partial charge in [0.1, 0.15) is 37.1 Å². The first-order valence-electron chi connectivity index (χ1n) is 20.7. The van der Waals surface area contributed by atoms with E-state index in [1.165, 1.54) is 19.2 Å². The molecule has 59 heavy (non-hydrogen) atoms. The molecule has 2 aliphatic carbocycles. The number of carbonyl (C=O) groups is 1. The molecule has 2 N–H and O–H groups in total. The second kappa shape index (κ2) is 20.8. The summed E-state index contributed by atoms with van der Waals surface area (Å²) in [6.45, 7) is 10.5. The molecule has 0 radical (unpaired) electrons. The molecule has 0 saturated heterocycles. The van der Waals surface area contributed by atoms with Crippen LogP contribution in [0.2, 0.25) is 0 Å². The van der Waals surface area contributed by atoms with E-state index in [9.17, 15) is 19.4 Å². The number of aryl methyl sites for hydroxylation is 1. The molecule has 11 nitrogen and oxygen atoms in total. The van der Waals surface area contributed by atoms with Gasteiger partial charge in [-0.3, -0.25) is 9.88 Å². The second-order valence-electron chi connectivity index (χ2n) is 15.5. The predicted octanol–water partition coefficient (Wildman–Crippen LogP) is 8.59. The van der Waals surface area contributed by atoms with Crippen LogP contribution in [0.5, 0.6) is 11.5 Å². The van der Waals surface area contributed by atoms with Crippen molar-refractivity contribution in [1.82, 2.24) is 9.88 Å². The maximum Gasteiger partial charge on any atom is 0.410 e. The Kier molecular flexibility index (Phi) is 15.3. The molecule has 1 amide bonds. The van der Waals surface area contributed by atoms with Crippen LogP contribution in [0.25, 0.3) is 0 Å². The molecule has 1 saturated carbocycles. The molecule has 1 aliphatic heterocycles. The van der Waals surface area contributed by atoms with E-state index in [0.29, 0.717) is 42.0 Å².